The Hall–Kier alpha value is -1.10. The van der Waals surface area contributed by atoms with Crippen molar-refractivity contribution in [1.29, 1.82) is 0 Å². The second kappa shape index (κ2) is 4.82. The largest absolute Gasteiger partial charge is 0.496 e. The zero-order valence-corrected chi connectivity index (χ0v) is 10.5. The van der Waals surface area contributed by atoms with Crippen LogP contribution in [0.25, 0.3) is 10.8 Å². The molecule has 0 saturated heterocycles. The first kappa shape index (κ1) is 11.4. The standard InChI is InChI=1S/C12H12BrNO2/c1-15-12-5-2-8-6-9(13)3-4-10(8)11(12)7-16-14/h2-6H,7,14H2,1H3. The minimum absolute atomic E-state index is 0.335. The van der Waals surface area contributed by atoms with Gasteiger partial charge in [-0.1, -0.05) is 28.1 Å². The summed E-state index contributed by atoms with van der Waals surface area (Å²) in [6.07, 6.45) is 0. The van der Waals surface area contributed by atoms with Crippen LogP contribution in [0.4, 0.5) is 0 Å². The van der Waals surface area contributed by atoms with Crippen molar-refractivity contribution in [3.8, 4) is 5.75 Å². The Bertz CT molecular complexity index is 514. The molecule has 0 atom stereocenters. The first-order chi connectivity index (χ1) is 7.76. The van der Waals surface area contributed by atoms with Gasteiger partial charge in [-0.3, -0.25) is 4.84 Å². The van der Waals surface area contributed by atoms with Gasteiger partial charge in [0, 0.05) is 10.0 Å². The van der Waals surface area contributed by atoms with Gasteiger partial charge in [-0.15, -0.1) is 0 Å². The molecule has 2 aromatic rings. The minimum atomic E-state index is 0.335. The Morgan fingerprint density at radius 3 is 2.75 bits per heavy atom. The molecule has 0 aliphatic heterocycles. The molecule has 16 heavy (non-hydrogen) atoms. The van der Waals surface area contributed by atoms with Crippen molar-refractivity contribution in [3.05, 3.63) is 40.4 Å². The lowest BCUT2D eigenvalue weighted by Gasteiger charge is -2.11. The number of rotatable bonds is 3. The summed E-state index contributed by atoms with van der Waals surface area (Å²) in [6, 6.07) is 9.99. The number of hydrogen-bond acceptors (Lipinski definition) is 3. The third-order valence-electron chi connectivity index (χ3n) is 2.50. The molecule has 2 rings (SSSR count). The summed E-state index contributed by atoms with van der Waals surface area (Å²) in [5.74, 6) is 5.93. The molecule has 0 heterocycles. The number of ether oxygens (including phenoxy) is 1. The Morgan fingerprint density at radius 1 is 1.25 bits per heavy atom. The van der Waals surface area contributed by atoms with Crippen molar-refractivity contribution in [3.63, 3.8) is 0 Å². The molecule has 0 fully saturated rings. The van der Waals surface area contributed by atoms with E-state index in [1.807, 2.05) is 24.3 Å². The lowest BCUT2D eigenvalue weighted by molar-refractivity contribution is 0.123. The molecule has 0 aromatic heterocycles. The molecule has 84 valence electrons. The second-order valence-electron chi connectivity index (χ2n) is 3.42. The summed E-state index contributed by atoms with van der Waals surface area (Å²) < 4.78 is 6.34. The first-order valence-corrected chi connectivity index (χ1v) is 5.62. The molecule has 0 unspecified atom stereocenters. The van der Waals surface area contributed by atoms with Gasteiger partial charge in [-0.2, -0.15) is 0 Å². The smallest absolute Gasteiger partial charge is 0.125 e. The average molecular weight is 282 g/mol. The van der Waals surface area contributed by atoms with Crippen LogP contribution < -0.4 is 10.6 Å². The predicted octanol–water partition coefficient (Wildman–Crippen LogP) is 3.00. The topological polar surface area (TPSA) is 44.5 Å². The van der Waals surface area contributed by atoms with Gasteiger partial charge in [0.2, 0.25) is 0 Å². The number of halogens is 1. The SMILES string of the molecule is COc1ccc2cc(Br)ccc2c1CON. The van der Waals surface area contributed by atoms with Crippen molar-refractivity contribution >= 4 is 26.7 Å². The number of fused-ring (bicyclic) bond motifs is 1. The van der Waals surface area contributed by atoms with E-state index in [0.29, 0.717) is 6.61 Å². The summed E-state index contributed by atoms with van der Waals surface area (Å²) >= 11 is 3.44. The third kappa shape index (κ3) is 2.04. The fraction of sp³-hybridized carbons (Fsp3) is 0.167. The molecule has 0 spiro atoms. The van der Waals surface area contributed by atoms with Crippen molar-refractivity contribution in [2.24, 2.45) is 5.90 Å². The van der Waals surface area contributed by atoms with Gasteiger partial charge in [0.25, 0.3) is 0 Å². The van der Waals surface area contributed by atoms with E-state index in [0.717, 1.165) is 26.6 Å². The quantitative estimate of drug-likeness (QED) is 0.880. The highest BCUT2D eigenvalue weighted by Gasteiger charge is 2.08. The fourth-order valence-corrected chi connectivity index (χ4v) is 2.15. The van der Waals surface area contributed by atoms with E-state index in [1.54, 1.807) is 7.11 Å². The van der Waals surface area contributed by atoms with Crippen LogP contribution in [0.3, 0.4) is 0 Å². The number of benzene rings is 2. The highest BCUT2D eigenvalue weighted by Crippen LogP contribution is 2.30. The zero-order chi connectivity index (χ0) is 11.5. The number of hydrogen-bond donors (Lipinski definition) is 1. The third-order valence-corrected chi connectivity index (χ3v) is 2.99. The monoisotopic (exact) mass is 281 g/mol. The summed E-state index contributed by atoms with van der Waals surface area (Å²) in [5, 5.41) is 2.22. The van der Waals surface area contributed by atoms with E-state index in [9.17, 15) is 0 Å². The van der Waals surface area contributed by atoms with E-state index in [-0.39, 0.29) is 0 Å². The molecule has 2 N–H and O–H groups in total. The molecule has 3 nitrogen and oxygen atoms in total. The maximum atomic E-state index is 5.29. The van der Waals surface area contributed by atoms with Crippen molar-refractivity contribution < 1.29 is 9.57 Å². The van der Waals surface area contributed by atoms with Crippen LogP contribution in [-0.2, 0) is 11.4 Å². The van der Waals surface area contributed by atoms with Gasteiger partial charge in [0.15, 0.2) is 0 Å². The first-order valence-electron chi connectivity index (χ1n) is 4.83. The summed E-state index contributed by atoms with van der Waals surface area (Å²) in [6.45, 7) is 0.335. The van der Waals surface area contributed by atoms with E-state index in [2.05, 4.69) is 22.0 Å². The molecule has 0 bridgehead atoms. The predicted molar refractivity (Wildman–Crippen MR) is 67.2 cm³/mol. The average Bonchev–Trinajstić information content (AvgIpc) is 2.29. The molecule has 4 heteroatoms. The van der Waals surface area contributed by atoms with Gasteiger partial charge in [-0.05, 0) is 29.0 Å². The fourth-order valence-electron chi connectivity index (χ4n) is 1.77. The minimum Gasteiger partial charge on any atom is -0.496 e. The van der Waals surface area contributed by atoms with Crippen molar-refractivity contribution in [1.82, 2.24) is 0 Å². The van der Waals surface area contributed by atoms with Crippen LogP contribution in [0.2, 0.25) is 0 Å². The molecule has 2 aromatic carbocycles. The molecule has 0 amide bonds. The number of methoxy groups -OCH3 is 1. The maximum absolute atomic E-state index is 5.29. The van der Waals surface area contributed by atoms with E-state index < -0.39 is 0 Å². The molecule has 0 saturated carbocycles. The van der Waals surface area contributed by atoms with Crippen LogP contribution in [-0.4, -0.2) is 7.11 Å². The second-order valence-corrected chi connectivity index (χ2v) is 4.34. The summed E-state index contributed by atoms with van der Waals surface area (Å²) in [4.78, 5) is 4.72. The summed E-state index contributed by atoms with van der Waals surface area (Å²) in [5.41, 5.74) is 0.968. The van der Waals surface area contributed by atoms with Crippen LogP contribution in [0, 0.1) is 0 Å². The highest BCUT2D eigenvalue weighted by molar-refractivity contribution is 9.10. The van der Waals surface area contributed by atoms with E-state index >= 15 is 0 Å². The maximum Gasteiger partial charge on any atom is 0.125 e. The van der Waals surface area contributed by atoms with Gasteiger partial charge in [-0.25, -0.2) is 5.90 Å². The van der Waals surface area contributed by atoms with E-state index in [4.69, 9.17) is 15.5 Å². The van der Waals surface area contributed by atoms with Crippen LogP contribution >= 0.6 is 15.9 Å². The van der Waals surface area contributed by atoms with Crippen LogP contribution in [0.1, 0.15) is 5.56 Å². The van der Waals surface area contributed by atoms with Crippen molar-refractivity contribution in [2.75, 3.05) is 7.11 Å². The molecule has 0 aliphatic rings. The summed E-state index contributed by atoms with van der Waals surface area (Å²) in [7, 11) is 1.64. The van der Waals surface area contributed by atoms with Crippen LogP contribution in [0.15, 0.2) is 34.8 Å². The van der Waals surface area contributed by atoms with Gasteiger partial charge >= 0.3 is 0 Å². The Morgan fingerprint density at radius 2 is 2.06 bits per heavy atom. The Labute approximate surface area is 102 Å². The molecule has 0 aliphatic carbocycles. The normalized spacial score (nSPS) is 10.7. The van der Waals surface area contributed by atoms with Crippen molar-refractivity contribution in [2.45, 2.75) is 6.61 Å². The Balaban J connectivity index is 2.68. The van der Waals surface area contributed by atoms with Gasteiger partial charge in [0.05, 0.1) is 13.7 Å². The molecular formula is C12H12BrNO2. The van der Waals surface area contributed by atoms with Crippen LogP contribution in [0.5, 0.6) is 5.75 Å². The highest BCUT2D eigenvalue weighted by atomic mass is 79.9. The zero-order valence-electron chi connectivity index (χ0n) is 8.87. The molecule has 0 radical (unpaired) electrons. The Kier molecular flexibility index (Phi) is 3.43. The van der Waals surface area contributed by atoms with E-state index in [1.165, 1.54) is 0 Å². The van der Waals surface area contributed by atoms with Gasteiger partial charge < -0.3 is 4.74 Å². The molecular weight excluding hydrogens is 270 g/mol. The number of nitrogens with two attached hydrogens (primary N) is 1. The lowest BCUT2D eigenvalue weighted by Crippen LogP contribution is -2.01. The van der Waals surface area contributed by atoms with Gasteiger partial charge in [0.1, 0.15) is 5.75 Å². The lowest BCUT2D eigenvalue weighted by atomic mass is 10.0.